The lowest BCUT2D eigenvalue weighted by molar-refractivity contribution is 0.592. The van der Waals surface area contributed by atoms with Crippen LogP contribution in [0.5, 0.6) is 0 Å². The van der Waals surface area contributed by atoms with Gasteiger partial charge in [0.1, 0.15) is 0 Å². The topological polar surface area (TPSA) is 51.4 Å². The highest BCUT2D eigenvalue weighted by atomic mass is 32.2. The van der Waals surface area contributed by atoms with Crippen LogP contribution < -0.4 is 4.80 Å². The molecule has 0 aliphatic rings. The average Bonchev–Trinajstić information content (AvgIpc) is 2.67. The van der Waals surface area contributed by atoms with Gasteiger partial charge in [-0.25, -0.2) is 0 Å². The molecule has 0 saturated carbocycles. The van der Waals surface area contributed by atoms with Gasteiger partial charge in [-0.1, -0.05) is 38.5 Å². The third-order valence-electron chi connectivity index (χ3n) is 3.51. The third kappa shape index (κ3) is 3.33. The molecule has 6 heteroatoms. The third-order valence-corrected chi connectivity index (χ3v) is 6.57. The van der Waals surface area contributed by atoms with E-state index in [-0.39, 0.29) is 10.3 Å². The van der Waals surface area contributed by atoms with Crippen molar-refractivity contribution >= 4 is 21.4 Å². The van der Waals surface area contributed by atoms with E-state index in [4.69, 9.17) is 0 Å². The number of nitrogens with zero attached hydrogens (tertiary/aromatic N) is 2. The summed E-state index contributed by atoms with van der Waals surface area (Å²) >= 11 is 1.43. The van der Waals surface area contributed by atoms with Crippen molar-refractivity contribution in [1.82, 2.24) is 4.57 Å². The van der Waals surface area contributed by atoms with Crippen LogP contribution in [0.15, 0.2) is 33.6 Å². The lowest BCUT2D eigenvalue weighted by atomic mass is 9.93. The summed E-state index contributed by atoms with van der Waals surface area (Å²) in [4.78, 5) is 1.87. The minimum absolute atomic E-state index is 0.0338. The van der Waals surface area contributed by atoms with Gasteiger partial charge in [0, 0.05) is 17.6 Å². The maximum atomic E-state index is 12.5. The van der Waals surface area contributed by atoms with Crippen LogP contribution in [-0.4, -0.2) is 13.0 Å². The predicted octanol–water partition coefficient (Wildman–Crippen LogP) is 3.29. The molecule has 2 rings (SSSR count). The predicted molar refractivity (Wildman–Crippen MR) is 90.7 cm³/mol. The highest BCUT2D eigenvalue weighted by molar-refractivity contribution is 7.90. The molecule has 0 aliphatic carbocycles. The van der Waals surface area contributed by atoms with E-state index in [1.807, 2.05) is 25.5 Å². The van der Waals surface area contributed by atoms with Gasteiger partial charge in [-0.2, -0.15) is 8.42 Å². The van der Waals surface area contributed by atoms with Gasteiger partial charge >= 0.3 is 0 Å². The van der Waals surface area contributed by atoms with Gasteiger partial charge in [0.25, 0.3) is 10.0 Å². The molecule has 0 aliphatic heterocycles. The Hall–Kier alpha value is -1.40. The van der Waals surface area contributed by atoms with Crippen LogP contribution in [0.25, 0.3) is 0 Å². The summed E-state index contributed by atoms with van der Waals surface area (Å²) in [6.07, 6.45) is 0. The Morgan fingerprint density at radius 2 is 1.64 bits per heavy atom. The highest BCUT2D eigenvalue weighted by Crippen LogP contribution is 2.28. The van der Waals surface area contributed by atoms with Crippen molar-refractivity contribution < 1.29 is 8.42 Å². The number of thiazole rings is 1. The Morgan fingerprint density at radius 3 is 2.09 bits per heavy atom. The Labute approximate surface area is 136 Å². The summed E-state index contributed by atoms with van der Waals surface area (Å²) < 4.78 is 30.8. The monoisotopic (exact) mass is 338 g/mol. The Balaban J connectivity index is 2.61. The van der Waals surface area contributed by atoms with E-state index in [0.29, 0.717) is 4.80 Å². The van der Waals surface area contributed by atoms with Gasteiger partial charge in [0.15, 0.2) is 0 Å². The number of hydrogen-bond acceptors (Lipinski definition) is 3. The fraction of sp³-hybridized carbons (Fsp3) is 0.438. The molecular weight excluding hydrogens is 316 g/mol. The molecule has 1 aromatic heterocycles. The first-order valence-corrected chi connectivity index (χ1v) is 9.32. The highest BCUT2D eigenvalue weighted by Gasteiger charge is 2.22. The summed E-state index contributed by atoms with van der Waals surface area (Å²) in [5.74, 6) is 0. The lowest BCUT2D eigenvalue weighted by Crippen LogP contribution is -2.15. The molecule has 2 aromatic rings. The second-order valence-corrected chi connectivity index (χ2v) is 9.07. The summed E-state index contributed by atoms with van der Waals surface area (Å²) in [7, 11) is -1.84. The zero-order valence-corrected chi connectivity index (χ0v) is 15.5. The number of benzene rings is 1. The first-order chi connectivity index (χ1) is 10.0. The van der Waals surface area contributed by atoms with Gasteiger partial charge in [-0.05, 0) is 31.4 Å². The van der Waals surface area contributed by atoms with Crippen molar-refractivity contribution in [3.05, 3.63) is 45.2 Å². The van der Waals surface area contributed by atoms with Crippen LogP contribution >= 0.6 is 11.3 Å². The molecule has 0 radical (unpaired) electrons. The SMILES string of the molecule is Cc1ccc(S(=O)(=O)N=c2sc(C(C)(C)C)c(C)n2C)cc1. The van der Waals surface area contributed by atoms with Crippen LogP contribution in [-0.2, 0) is 22.5 Å². The molecule has 0 bridgehead atoms. The zero-order valence-electron chi connectivity index (χ0n) is 13.8. The lowest BCUT2D eigenvalue weighted by Gasteiger charge is -2.17. The van der Waals surface area contributed by atoms with Crippen LogP contribution in [0.1, 0.15) is 36.9 Å². The minimum Gasteiger partial charge on any atom is -0.323 e. The molecular formula is C16H22N2O2S2. The summed E-state index contributed by atoms with van der Waals surface area (Å²) in [5, 5.41) is 0. The Bertz CT molecular complexity index is 849. The second-order valence-electron chi connectivity index (χ2n) is 6.49. The molecule has 0 N–H and O–H groups in total. The number of hydrogen-bond donors (Lipinski definition) is 0. The van der Waals surface area contributed by atoms with Gasteiger partial charge in [0.05, 0.1) is 4.90 Å². The first kappa shape index (κ1) is 17.0. The number of aryl methyl sites for hydroxylation is 1. The van der Waals surface area contributed by atoms with Gasteiger partial charge in [0.2, 0.25) is 4.80 Å². The van der Waals surface area contributed by atoms with E-state index < -0.39 is 10.0 Å². The van der Waals surface area contributed by atoms with Gasteiger partial charge in [-0.3, -0.25) is 0 Å². The Morgan fingerprint density at radius 1 is 1.09 bits per heavy atom. The van der Waals surface area contributed by atoms with Crippen molar-refractivity contribution in [3.8, 4) is 0 Å². The second kappa shape index (κ2) is 5.66. The molecule has 0 spiro atoms. The number of aromatic nitrogens is 1. The van der Waals surface area contributed by atoms with Crippen molar-refractivity contribution in [3.63, 3.8) is 0 Å². The molecule has 4 nitrogen and oxygen atoms in total. The molecule has 0 unspecified atom stereocenters. The molecule has 120 valence electrons. The van der Waals surface area contributed by atoms with Crippen molar-refractivity contribution in [2.75, 3.05) is 0 Å². The molecule has 0 fully saturated rings. The summed E-state index contributed by atoms with van der Waals surface area (Å²) in [5.41, 5.74) is 2.04. The minimum atomic E-state index is -3.69. The van der Waals surface area contributed by atoms with Gasteiger partial charge < -0.3 is 4.57 Å². The standard InChI is InChI=1S/C16H22N2O2S2/c1-11-7-9-13(10-8-11)22(19,20)17-15-18(6)12(2)14(21-15)16(3,4)5/h7-10H,1-6H3. The summed E-state index contributed by atoms with van der Waals surface area (Å²) in [6, 6.07) is 6.75. The van der Waals surface area contributed by atoms with Gasteiger partial charge in [-0.15, -0.1) is 15.7 Å². The molecule has 1 heterocycles. The molecule has 22 heavy (non-hydrogen) atoms. The van der Waals surface area contributed by atoms with E-state index in [9.17, 15) is 8.42 Å². The zero-order chi connectivity index (χ0) is 16.7. The Kier molecular flexibility index (Phi) is 4.37. The normalized spacial score (nSPS) is 13.6. The smallest absolute Gasteiger partial charge is 0.285 e. The van der Waals surface area contributed by atoms with Crippen LogP contribution in [0.3, 0.4) is 0 Å². The first-order valence-electron chi connectivity index (χ1n) is 7.07. The van der Waals surface area contributed by atoms with Crippen LogP contribution in [0, 0.1) is 13.8 Å². The average molecular weight is 338 g/mol. The maximum absolute atomic E-state index is 12.5. The summed E-state index contributed by atoms with van der Waals surface area (Å²) in [6.45, 7) is 10.3. The van der Waals surface area contributed by atoms with E-state index in [2.05, 4.69) is 25.2 Å². The van der Waals surface area contributed by atoms with Crippen LogP contribution in [0.4, 0.5) is 0 Å². The van der Waals surface area contributed by atoms with E-state index in [0.717, 1.165) is 16.1 Å². The van der Waals surface area contributed by atoms with E-state index >= 15 is 0 Å². The number of rotatable bonds is 2. The molecule has 0 saturated heterocycles. The van der Waals surface area contributed by atoms with Crippen molar-refractivity contribution in [2.24, 2.45) is 11.4 Å². The molecule has 0 atom stereocenters. The molecule has 1 aromatic carbocycles. The molecule has 0 amide bonds. The van der Waals surface area contributed by atoms with Crippen molar-refractivity contribution in [2.45, 2.75) is 44.9 Å². The van der Waals surface area contributed by atoms with E-state index in [1.54, 1.807) is 24.3 Å². The quantitative estimate of drug-likeness (QED) is 0.844. The largest absolute Gasteiger partial charge is 0.323 e. The van der Waals surface area contributed by atoms with Crippen molar-refractivity contribution in [1.29, 1.82) is 0 Å². The van der Waals surface area contributed by atoms with Crippen LogP contribution in [0.2, 0.25) is 0 Å². The fourth-order valence-corrected chi connectivity index (χ4v) is 4.58. The van der Waals surface area contributed by atoms with E-state index in [1.165, 1.54) is 11.3 Å². The fourth-order valence-electron chi connectivity index (χ4n) is 2.17. The number of sulfonamides is 1. The maximum Gasteiger partial charge on any atom is 0.285 e.